The fraction of sp³-hybridized carbons (Fsp3) is 0.846. The number of hydrogen-bond donors (Lipinski definition) is 2. The first-order valence-electron chi connectivity index (χ1n) is 6.81. The Morgan fingerprint density at radius 3 is 2.37 bits per heavy atom. The van der Waals surface area contributed by atoms with Gasteiger partial charge in [-0.15, -0.1) is 0 Å². The van der Waals surface area contributed by atoms with Crippen molar-refractivity contribution in [3.8, 4) is 0 Å². The first kappa shape index (κ1) is 14.3. The highest BCUT2D eigenvalue weighted by atomic mass is 16.3. The van der Waals surface area contributed by atoms with Gasteiger partial charge in [0.2, 0.25) is 11.8 Å². The fourth-order valence-corrected chi connectivity index (χ4v) is 2.76. The van der Waals surface area contributed by atoms with E-state index in [1.165, 1.54) is 4.90 Å². The molecule has 6 heteroatoms. The topological polar surface area (TPSA) is 81.1 Å². The molecule has 0 aromatic rings. The lowest BCUT2D eigenvalue weighted by Crippen LogP contribution is -2.37. The maximum atomic E-state index is 12.2. The molecule has 0 spiro atoms. The highest BCUT2D eigenvalue weighted by Gasteiger charge is 2.40. The summed E-state index contributed by atoms with van der Waals surface area (Å²) >= 11 is 0. The number of aliphatic hydroxyl groups is 2. The van der Waals surface area contributed by atoms with Gasteiger partial charge in [-0.3, -0.25) is 9.59 Å². The molecule has 0 saturated carbocycles. The van der Waals surface area contributed by atoms with Gasteiger partial charge in [0.05, 0.1) is 18.1 Å². The number of nitrogens with zero attached hydrogens (tertiary/aromatic N) is 2. The van der Waals surface area contributed by atoms with Gasteiger partial charge in [-0.1, -0.05) is 13.8 Å². The Morgan fingerprint density at radius 1 is 1.26 bits per heavy atom. The lowest BCUT2D eigenvalue weighted by Gasteiger charge is -2.21. The Bertz CT molecular complexity index is 362. The van der Waals surface area contributed by atoms with Crippen LogP contribution < -0.4 is 0 Å². The Morgan fingerprint density at radius 2 is 1.84 bits per heavy atom. The molecule has 0 aromatic carbocycles. The van der Waals surface area contributed by atoms with E-state index in [2.05, 4.69) is 0 Å². The molecule has 0 bridgehead atoms. The van der Waals surface area contributed by atoms with Crippen LogP contribution in [0.4, 0.5) is 0 Å². The first-order chi connectivity index (χ1) is 8.88. The van der Waals surface area contributed by atoms with E-state index in [9.17, 15) is 19.8 Å². The largest absolute Gasteiger partial charge is 0.388 e. The zero-order chi connectivity index (χ0) is 14.2. The van der Waals surface area contributed by atoms with E-state index in [4.69, 9.17) is 0 Å². The van der Waals surface area contributed by atoms with Gasteiger partial charge in [0.1, 0.15) is 0 Å². The van der Waals surface area contributed by atoms with Crippen LogP contribution in [-0.2, 0) is 9.59 Å². The zero-order valence-corrected chi connectivity index (χ0v) is 11.5. The summed E-state index contributed by atoms with van der Waals surface area (Å²) in [5.74, 6) is -0.0560. The van der Waals surface area contributed by atoms with E-state index < -0.39 is 12.2 Å². The number of β-amino-alcohol motifs (C(OH)–C–C–N with tert-alkyl or cyclic N) is 2. The predicted molar refractivity (Wildman–Crippen MR) is 68.1 cm³/mol. The van der Waals surface area contributed by atoms with Gasteiger partial charge in [0.15, 0.2) is 0 Å². The van der Waals surface area contributed by atoms with Crippen LogP contribution >= 0.6 is 0 Å². The summed E-state index contributed by atoms with van der Waals surface area (Å²) in [6.45, 7) is 5.53. The average Bonchev–Trinajstić information content (AvgIpc) is 2.83. The van der Waals surface area contributed by atoms with E-state index in [1.54, 1.807) is 4.90 Å². The number of rotatable bonds is 3. The van der Waals surface area contributed by atoms with E-state index >= 15 is 0 Å². The summed E-state index contributed by atoms with van der Waals surface area (Å²) < 4.78 is 0. The van der Waals surface area contributed by atoms with Crippen LogP contribution in [0.2, 0.25) is 0 Å². The van der Waals surface area contributed by atoms with Gasteiger partial charge >= 0.3 is 0 Å². The molecule has 2 fully saturated rings. The fourth-order valence-electron chi connectivity index (χ4n) is 2.76. The third-order valence-electron chi connectivity index (χ3n) is 3.72. The van der Waals surface area contributed by atoms with Crippen molar-refractivity contribution >= 4 is 11.8 Å². The Hall–Kier alpha value is -1.14. The summed E-state index contributed by atoms with van der Waals surface area (Å²) in [5.41, 5.74) is 0. The van der Waals surface area contributed by atoms with Gasteiger partial charge < -0.3 is 20.0 Å². The van der Waals surface area contributed by atoms with Crippen molar-refractivity contribution in [3.63, 3.8) is 0 Å². The van der Waals surface area contributed by atoms with Crippen LogP contribution in [-0.4, -0.2) is 70.2 Å². The summed E-state index contributed by atoms with van der Waals surface area (Å²) in [6, 6.07) is 0. The summed E-state index contributed by atoms with van der Waals surface area (Å²) in [4.78, 5) is 27.3. The number of likely N-dealkylation sites (tertiary alicyclic amines) is 2. The minimum absolute atomic E-state index is 0.0207. The average molecular weight is 270 g/mol. The van der Waals surface area contributed by atoms with Crippen LogP contribution in [0.25, 0.3) is 0 Å². The lowest BCUT2D eigenvalue weighted by atomic mass is 10.1. The molecular weight excluding hydrogens is 248 g/mol. The minimum Gasteiger partial charge on any atom is -0.388 e. The van der Waals surface area contributed by atoms with E-state index in [0.717, 1.165) is 0 Å². The third-order valence-corrected chi connectivity index (χ3v) is 3.72. The molecule has 2 N–H and O–H groups in total. The van der Waals surface area contributed by atoms with Crippen LogP contribution in [0.1, 0.15) is 20.3 Å². The summed E-state index contributed by atoms with van der Waals surface area (Å²) in [5, 5.41) is 18.9. The molecule has 2 amide bonds. The summed E-state index contributed by atoms with van der Waals surface area (Å²) in [6.07, 6.45) is -1.49. The van der Waals surface area contributed by atoms with Crippen molar-refractivity contribution in [3.05, 3.63) is 0 Å². The van der Waals surface area contributed by atoms with E-state index in [-0.39, 0.29) is 37.2 Å². The second-order valence-corrected chi connectivity index (χ2v) is 5.97. The summed E-state index contributed by atoms with van der Waals surface area (Å²) in [7, 11) is 0. The van der Waals surface area contributed by atoms with Gasteiger partial charge in [-0.2, -0.15) is 0 Å². The number of carbonyl (C=O) groups excluding carboxylic acids is 2. The quantitative estimate of drug-likeness (QED) is 0.693. The molecule has 0 aromatic heterocycles. The highest BCUT2D eigenvalue weighted by Crippen LogP contribution is 2.23. The number of carbonyl (C=O) groups is 2. The molecular formula is C13H22N2O4. The third kappa shape index (κ3) is 3.06. The van der Waals surface area contributed by atoms with Gasteiger partial charge in [-0.25, -0.2) is 0 Å². The predicted octanol–water partition coefficient (Wildman–Crippen LogP) is -0.945. The van der Waals surface area contributed by atoms with Gasteiger partial charge in [0, 0.05) is 32.6 Å². The van der Waals surface area contributed by atoms with Crippen molar-refractivity contribution in [2.45, 2.75) is 32.5 Å². The molecule has 1 unspecified atom stereocenters. The Balaban J connectivity index is 1.93. The minimum atomic E-state index is -0.868. The van der Waals surface area contributed by atoms with Crippen molar-refractivity contribution in [2.24, 2.45) is 11.8 Å². The number of aliphatic hydroxyl groups excluding tert-OH is 2. The molecule has 108 valence electrons. The molecule has 0 aliphatic carbocycles. The Labute approximate surface area is 113 Å². The molecule has 2 rings (SSSR count). The standard InChI is InChI=1S/C13H22N2O4/c1-8(2)4-14-5-9(3-12(14)18)13(19)15-6-10(16)11(17)7-15/h8-11,16-17H,3-7H2,1-2H3/t9?,10-,11+. The molecule has 0 radical (unpaired) electrons. The van der Waals surface area contributed by atoms with E-state index in [0.29, 0.717) is 19.0 Å². The van der Waals surface area contributed by atoms with E-state index in [1.807, 2.05) is 13.8 Å². The van der Waals surface area contributed by atoms with Gasteiger partial charge in [0.25, 0.3) is 0 Å². The number of hydrogen-bond acceptors (Lipinski definition) is 4. The van der Waals surface area contributed by atoms with Crippen LogP contribution in [0.3, 0.4) is 0 Å². The monoisotopic (exact) mass is 270 g/mol. The molecule has 3 atom stereocenters. The highest BCUT2D eigenvalue weighted by molar-refractivity contribution is 5.89. The SMILES string of the molecule is CC(C)CN1CC(C(=O)N2C[C@@H](O)[C@@H](O)C2)CC1=O. The molecule has 2 aliphatic heterocycles. The maximum absolute atomic E-state index is 12.2. The normalized spacial score (nSPS) is 31.6. The van der Waals surface area contributed by atoms with Crippen LogP contribution in [0.15, 0.2) is 0 Å². The lowest BCUT2D eigenvalue weighted by molar-refractivity contribution is -0.135. The van der Waals surface area contributed by atoms with Crippen molar-refractivity contribution < 1.29 is 19.8 Å². The second kappa shape index (κ2) is 5.46. The molecule has 2 aliphatic rings. The maximum Gasteiger partial charge on any atom is 0.228 e. The van der Waals surface area contributed by atoms with Crippen molar-refractivity contribution in [1.82, 2.24) is 9.80 Å². The smallest absolute Gasteiger partial charge is 0.228 e. The first-order valence-corrected chi connectivity index (χ1v) is 6.81. The van der Waals surface area contributed by atoms with Gasteiger partial charge in [-0.05, 0) is 5.92 Å². The molecule has 6 nitrogen and oxygen atoms in total. The van der Waals surface area contributed by atoms with Crippen LogP contribution in [0.5, 0.6) is 0 Å². The van der Waals surface area contributed by atoms with Crippen molar-refractivity contribution in [1.29, 1.82) is 0 Å². The second-order valence-electron chi connectivity index (χ2n) is 5.97. The van der Waals surface area contributed by atoms with Crippen molar-refractivity contribution in [2.75, 3.05) is 26.2 Å². The molecule has 2 heterocycles. The number of amides is 2. The molecule has 2 saturated heterocycles. The zero-order valence-electron chi connectivity index (χ0n) is 11.5. The van der Waals surface area contributed by atoms with Crippen LogP contribution in [0, 0.1) is 11.8 Å². The Kier molecular flexibility index (Phi) is 4.10. The molecule has 19 heavy (non-hydrogen) atoms.